The summed E-state index contributed by atoms with van der Waals surface area (Å²) in [5.74, 6) is 0.640. The maximum absolute atomic E-state index is 12.2. The Bertz CT molecular complexity index is 911. The van der Waals surface area contributed by atoms with Gasteiger partial charge in [-0.3, -0.25) is 14.9 Å². The third-order valence-electron chi connectivity index (χ3n) is 3.49. The summed E-state index contributed by atoms with van der Waals surface area (Å²) in [5, 5.41) is 7.69. The largest absolute Gasteiger partial charge is 0.497 e. The van der Waals surface area contributed by atoms with Gasteiger partial charge in [-0.15, -0.1) is 11.3 Å². The van der Waals surface area contributed by atoms with Crippen LogP contribution < -0.4 is 20.1 Å². The first kappa shape index (κ1) is 18.4. The number of thiazole rings is 1. The number of benzene rings is 2. The predicted molar refractivity (Wildman–Crippen MR) is 104 cm³/mol. The fourth-order valence-electron chi connectivity index (χ4n) is 2.21. The molecule has 0 atom stereocenters. The molecular weight excluding hydrogens is 366 g/mol. The van der Waals surface area contributed by atoms with Crippen LogP contribution in [0.4, 0.5) is 10.8 Å². The lowest BCUT2D eigenvalue weighted by Crippen LogP contribution is -2.20. The maximum Gasteiger partial charge on any atom is 0.262 e. The second-order valence-electron chi connectivity index (χ2n) is 5.38. The van der Waals surface area contributed by atoms with Crippen LogP contribution in [0.2, 0.25) is 0 Å². The molecule has 0 fully saturated rings. The van der Waals surface area contributed by atoms with Crippen LogP contribution in [0.25, 0.3) is 0 Å². The standard InChI is InChI=1S/C19H17N3O4S/c1-25-15-5-7-16(8-6-15)26-12-17(23)21-14-4-2-3-13(11-14)18(24)22-19-20-9-10-27-19/h2-11H,12H2,1H3,(H,21,23)(H,20,22,24). The first-order chi connectivity index (χ1) is 13.1. The van der Waals surface area contributed by atoms with E-state index in [1.54, 1.807) is 67.2 Å². The molecule has 2 aromatic carbocycles. The Morgan fingerprint density at radius 3 is 2.56 bits per heavy atom. The van der Waals surface area contributed by atoms with Crippen LogP contribution in [0.15, 0.2) is 60.1 Å². The van der Waals surface area contributed by atoms with E-state index < -0.39 is 0 Å². The summed E-state index contributed by atoms with van der Waals surface area (Å²) in [6, 6.07) is 13.6. The van der Waals surface area contributed by atoms with Crippen LogP contribution in [0.1, 0.15) is 10.4 Å². The van der Waals surface area contributed by atoms with Gasteiger partial charge in [0, 0.05) is 22.8 Å². The number of aromatic nitrogens is 1. The molecule has 1 heterocycles. The van der Waals surface area contributed by atoms with Crippen LogP contribution in [0.3, 0.4) is 0 Å². The number of rotatable bonds is 7. The molecule has 3 aromatic rings. The molecule has 0 bridgehead atoms. The van der Waals surface area contributed by atoms with Crippen LogP contribution in [-0.2, 0) is 4.79 Å². The second-order valence-corrected chi connectivity index (χ2v) is 6.28. The van der Waals surface area contributed by atoms with Gasteiger partial charge in [0.15, 0.2) is 11.7 Å². The number of hydrogen-bond acceptors (Lipinski definition) is 6. The number of carbonyl (C=O) groups is 2. The number of nitrogens with one attached hydrogen (secondary N) is 2. The predicted octanol–water partition coefficient (Wildman–Crippen LogP) is 3.42. The minimum Gasteiger partial charge on any atom is -0.497 e. The number of amides is 2. The zero-order valence-electron chi connectivity index (χ0n) is 14.5. The highest BCUT2D eigenvalue weighted by Crippen LogP contribution is 2.18. The Morgan fingerprint density at radius 2 is 1.85 bits per heavy atom. The van der Waals surface area contributed by atoms with Gasteiger partial charge in [0.2, 0.25) is 0 Å². The normalized spacial score (nSPS) is 10.1. The van der Waals surface area contributed by atoms with Crippen molar-refractivity contribution in [3.63, 3.8) is 0 Å². The van der Waals surface area contributed by atoms with Crippen LogP contribution in [0, 0.1) is 0 Å². The molecule has 0 aliphatic carbocycles. The molecule has 0 saturated carbocycles. The van der Waals surface area contributed by atoms with Crippen molar-refractivity contribution in [2.45, 2.75) is 0 Å². The van der Waals surface area contributed by atoms with Crippen LogP contribution >= 0.6 is 11.3 Å². The molecule has 0 aliphatic heterocycles. The number of anilines is 2. The van der Waals surface area contributed by atoms with Gasteiger partial charge in [0.25, 0.3) is 11.8 Å². The Hall–Kier alpha value is -3.39. The zero-order valence-corrected chi connectivity index (χ0v) is 15.3. The average Bonchev–Trinajstić information content (AvgIpc) is 3.20. The Kier molecular flexibility index (Phi) is 6.01. The number of carbonyl (C=O) groups excluding carboxylic acids is 2. The molecule has 1 aromatic heterocycles. The lowest BCUT2D eigenvalue weighted by atomic mass is 10.2. The smallest absolute Gasteiger partial charge is 0.262 e. The number of ether oxygens (including phenoxy) is 2. The molecule has 0 aliphatic rings. The van der Waals surface area contributed by atoms with E-state index in [4.69, 9.17) is 9.47 Å². The molecule has 0 radical (unpaired) electrons. The van der Waals surface area contributed by atoms with E-state index in [0.29, 0.717) is 27.9 Å². The molecule has 2 N–H and O–H groups in total. The van der Waals surface area contributed by atoms with E-state index >= 15 is 0 Å². The molecule has 0 saturated heterocycles. The van der Waals surface area contributed by atoms with E-state index in [-0.39, 0.29) is 18.4 Å². The van der Waals surface area contributed by atoms with Crippen LogP contribution in [0.5, 0.6) is 11.5 Å². The van der Waals surface area contributed by atoms with Crippen LogP contribution in [-0.4, -0.2) is 30.5 Å². The molecule has 7 nitrogen and oxygen atoms in total. The van der Waals surface area contributed by atoms with Crippen molar-refractivity contribution in [1.29, 1.82) is 0 Å². The molecule has 3 rings (SSSR count). The lowest BCUT2D eigenvalue weighted by Gasteiger charge is -2.09. The second kappa shape index (κ2) is 8.81. The summed E-state index contributed by atoms with van der Waals surface area (Å²) < 4.78 is 10.5. The average molecular weight is 383 g/mol. The van der Waals surface area contributed by atoms with Gasteiger partial charge in [-0.2, -0.15) is 0 Å². The summed E-state index contributed by atoms with van der Waals surface area (Å²) in [6.07, 6.45) is 1.61. The van der Waals surface area contributed by atoms with Crippen molar-refractivity contribution in [2.24, 2.45) is 0 Å². The van der Waals surface area contributed by atoms with Crippen molar-refractivity contribution in [2.75, 3.05) is 24.4 Å². The summed E-state index contributed by atoms with van der Waals surface area (Å²) in [7, 11) is 1.58. The highest BCUT2D eigenvalue weighted by Gasteiger charge is 2.10. The monoisotopic (exact) mass is 383 g/mol. The zero-order chi connectivity index (χ0) is 19.1. The molecule has 138 valence electrons. The molecule has 2 amide bonds. The van der Waals surface area contributed by atoms with Gasteiger partial charge >= 0.3 is 0 Å². The Balaban J connectivity index is 1.55. The van der Waals surface area contributed by atoms with Gasteiger partial charge in [0.1, 0.15) is 11.5 Å². The highest BCUT2D eigenvalue weighted by molar-refractivity contribution is 7.13. The van der Waals surface area contributed by atoms with E-state index in [1.807, 2.05) is 0 Å². The minimum atomic E-state index is -0.330. The van der Waals surface area contributed by atoms with Gasteiger partial charge in [0.05, 0.1) is 7.11 Å². The van der Waals surface area contributed by atoms with E-state index in [2.05, 4.69) is 15.6 Å². The highest BCUT2D eigenvalue weighted by atomic mass is 32.1. The summed E-state index contributed by atoms with van der Waals surface area (Å²) in [5.41, 5.74) is 0.921. The Morgan fingerprint density at radius 1 is 1.07 bits per heavy atom. The molecule has 8 heteroatoms. The fraction of sp³-hybridized carbons (Fsp3) is 0.105. The lowest BCUT2D eigenvalue weighted by molar-refractivity contribution is -0.118. The molecule has 0 unspecified atom stereocenters. The SMILES string of the molecule is COc1ccc(OCC(=O)Nc2cccc(C(=O)Nc3nccs3)c2)cc1. The Labute approximate surface area is 160 Å². The summed E-state index contributed by atoms with van der Waals surface area (Å²) in [4.78, 5) is 28.3. The molecule has 27 heavy (non-hydrogen) atoms. The number of hydrogen-bond donors (Lipinski definition) is 2. The van der Waals surface area contributed by atoms with Crippen molar-refractivity contribution in [3.8, 4) is 11.5 Å². The fourth-order valence-corrected chi connectivity index (χ4v) is 2.73. The van der Waals surface area contributed by atoms with Gasteiger partial charge in [-0.25, -0.2) is 4.98 Å². The molecule has 0 spiro atoms. The minimum absolute atomic E-state index is 0.151. The number of methoxy groups -OCH3 is 1. The topological polar surface area (TPSA) is 89.5 Å². The van der Waals surface area contributed by atoms with E-state index in [0.717, 1.165) is 0 Å². The summed E-state index contributed by atoms with van der Waals surface area (Å²) in [6.45, 7) is -0.151. The van der Waals surface area contributed by atoms with E-state index in [9.17, 15) is 9.59 Å². The van der Waals surface area contributed by atoms with Gasteiger partial charge < -0.3 is 14.8 Å². The van der Waals surface area contributed by atoms with Gasteiger partial charge in [-0.05, 0) is 42.5 Å². The third kappa shape index (κ3) is 5.29. The number of nitrogens with zero attached hydrogens (tertiary/aromatic N) is 1. The van der Waals surface area contributed by atoms with Crippen molar-refractivity contribution in [1.82, 2.24) is 4.98 Å². The van der Waals surface area contributed by atoms with Crippen molar-refractivity contribution in [3.05, 3.63) is 65.7 Å². The van der Waals surface area contributed by atoms with Gasteiger partial charge in [-0.1, -0.05) is 6.07 Å². The first-order valence-corrected chi connectivity index (χ1v) is 8.89. The summed E-state index contributed by atoms with van der Waals surface area (Å²) >= 11 is 1.33. The van der Waals surface area contributed by atoms with E-state index in [1.165, 1.54) is 11.3 Å². The molecular formula is C19H17N3O4S. The maximum atomic E-state index is 12.2. The van der Waals surface area contributed by atoms with Crippen molar-refractivity contribution >= 4 is 34.0 Å². The third-order valence-corrected chi connectivity index (χ3v) is 4.18. The first-order valence-electron chi connectivity index (χ1n) is 8.01. The van der Waals surface area contributed by atoms with Crippen molar-refractivity contribution < 1.29 is 19.1 Å². The quantitative estimate of drug-likeness (QED) is 0.652.